The third-order valence-corrected chi connectivity index (χ3v) is 1.85. The lowest BCUT2D eigenvalue weighted by atomic mass is 10.3. The van der Waals surface area contributed by atoms with E-state index in [2.05, 4.69) is 4.98 Å². The number of rotatable bonds is 1. The molecule has 0 saturated carbocycles. The van der Waals surface area contributed by atoms with Gasteiger partial charge in [-0.3, -0.25) is 0 Å². The van der Waals surface area contributed by atoms with Crippen molar-refractivity contribution in [2.75, 3.05) is 13.2 Å². The van der Waals surface area contributed by atoms with E-state index in [1.807, 2.05) is 13.8 Å². The van der Waals surface area contributed by atoms with Gasteiger partial charge in [0.15, 0.2) is 0 Å². The number of hydrogen-bond acceptors (Lipinski definition) is 4. The van der Waals surface area contributed by atoms with Gasteiger partial charge in [0, 0.05) is 0 Å². The Hall–Kier alpha value is -0.870. The van der Waals surface area contributed by atoms with Crippen LogP contribution in [0.3, 0.4) is 0 Å². The molecule has 1 aromatic heterocycles. The van der Waals surface area contributed by atoms with Gasteiger partial charge >= 0.3 is 0 Å². The second kappa shape index (κ2) is 2.57. The van der Waals surface area contributed by atoms with Crippen LogP contribution in [0.5, 0.6) is 0 Å². The number of oxazole rings is 1. The highest BCUT2D eigenvalue weighted by atomic mass is 16.7. The van der Waals surface area contributed by atoms with Crippen LogP contribution in [0.2, 0.25) is 0 Å². The summed E-state index contributed by atoms with van der Waals surface area (Å²) in [5.74, 6) is -0.272. The molecule has 1 aliphatic heterocycles. The van der Waals surface area contributed by atoms with Crippen molar-refractivity contribution in [3.05, 3.63) is 17.8 Å². The molecule has 0 spiro atoms. The summed E-state index contributed by atoms with van der Waals surface area (Å²) in [6.45, 7) is 4.87. The van der Waals surface area contributed by atoms with E-state index in [1.165, 1.54) is 0 Å². The van der Waals surface area contributed by atoms with Gasteiger partial charge in [0.1, 0.15) is 6.26 Å². The lowest BCUT2D eigenvalue weighted by Crippen LogP contribution is -2.22. The van der Waals surface area contributed by atoms with Crippen LogP contribution in [-0.2, 0) is 15.3 Å². The van der Waals surface area contributed by atoms with Crippen LogP contribution in [0, 0.1) is 6.92 Å². The zero-order chi connectivity index (χ0) is 8.60. The lowest BCUT2D eigenvalue weighted by molar-refractivity contribution is -0.166. The molecule has 0 aromatic carbocycles. The molecule has 0 aliphatic carbocycles. The summed E-state index contributed by atoms with van der Waals surface area (Å²) in [6, 6.07) is 0. The third kappa shape index (κ3) is 1.13. The summed E-state index contributed by atoms with van der Waals surface area (Å²) in [4.78, 5) is 4.15. The van der Waals surface area contributed by atoms with Crippen molar-refractivity contribution in [1.29, 1.82) is 0 Å². The lowest BCUT2D eigenvalue weighted by Gasteiger charge is -2.16. The van der Waals surface area contributed by atoms with E-state index in [4.69, 9.17) is 13.9 Å². The van der Waals surface area contributed by atoms with Crippen LogP contribution in [0.1, 0.15) is 18.5 Å². The van der Waals surface area contributed by atoms with E-state index < -0.39 is 5.79 Å². The number of ether oxygens (including phenoxy) is 2. The van der Waals surface area contributed by atoms with E-state index in [9.17, 15) is 0 Å². The van der Waals surface area contributed by atoms with Crippen molar-refractivity contribution < 1.29 is 13.9 Å². The van der Waals surface area contributed by atoms with Gasteiger partial charge in [-0.2, -0.15) is 0 Å². The first-order valence-electron chi connectivity index (χ1n) is 3.91. The summed E-state index contributed by atoms with van der Waals surface area (Å²) in [5.41, 5.74) is 0.838. The summed E-state index contributed by atoms with van der Waals surface area (Å²) < 4.78 is 15.9. The van der Waals surface area contributed by atoms with Crippen LogP contribution in [-0.4, -0.2) is 18.2 Å². The fourth-order valence-electron chi connectivity index (χ4n) is 1.20. The minimum absolute atomic E-state index is 0.498. The van der Waals surface area contributed by atoms with Crippen LogP contribution < -0.4 is 0 Å². The molecule has 66 valence electrons. The van der Waals surface area contributed by atoms with Crippen molar-refractivity contribution in [2.45, 2.75) is 19.6 Å². The monoisotopic (exact) mass is 169 g/mol. The zero-order valence-corrected chi connectivity index (χ0v) is 7.16. The maximum atomic E-state index is 5.36. The molecule has 1 saturated heterocycles. The summed E-state index contributed by atoms with van der Waals surface area (Å²) >= 11 is 0. The molecule has 0 amide bonds. The Morgan fingerprint density at radius 2 is 2.08 bits per heavy atom. The maximum absolute atomic E-state index is 5.36. The molecule has 0 radical (unpaired) electrons. The summed E-state index contributed by atoms with van der Waals surface area (Å²) in [5, 5.41) is 0. The predicted octanol–water partition coefficient (Wildman–Crippen LogP) is 1.20. The zero-order valence-electron chi connectivity index (χ0n) is 7.16. The van der Waals surface area contributed by atoms with Crippen LogP contribution in [0.25, 0.3) is 0 Å². The Kier molecular flexibility index (Phi) is 1.66. The average molecular weight is 169 g/mol. The normalized spacial score (nSPS) is 21.5. The quantitative estimate of drug-likeness (QED) is 0.633. The van der Waals surface area contributed by atoms with Crippen LogP contribution in [0.4, 0.5) is 0 Å². The molecule has 4 nitrogen and oxygen atoms in total. The van der Waals surface area contributed by atoms with Crippen molar-refractivity contribution in [2.24, 2.45) is 0 Å². The molecule has 0 bridgehead atoms. The highest BCUT2D eigenvalue weighted by molar-refractivity contribution is 4.99. The molecule has 0 atom stereocenters. The smallest absolute Gasteiger partial charge is 0.255 e. The molecule has 2 rings (SSSR count). The fraction of sp³-hybridized carbons (Fsp3) is 0.625. The SMILES string of the molecule is Cc1coc(C2(C)OCCO2)n1. The van der Waals surface area contributed by atoms with Gasteiger partial charge in [-0.15, -0.1) is 0 Å². The Morgan fingerprint density at radius 1 is 1.42 bits per heavy atom. The Morgan fingerprint density at radius 3 is 2.58 bits per heavy atom. The van der Waals surface area contributed by atoms with Gasteiger partial charge in [-0.1, -0.05) is 0 Å². The molecule has 12 heavy (non-hydrogen) atoms. The number of aryl methyl sites for hydroxylation is 1. The number of aromatic nitrogens is 1. The number of hydrogen-bond donors (Lipinski definition) is 0. The van der Waals surface area contributed by atoms with E-state index >= 15 is 0 Å². The topological polar surface area (TPSA) is 44.5 Å². The van der Waals surface area contributed by atoms with E-state index in [-0.39, 0.29) is 0 Å². The van der Waals surface area contributed by atoms with Crippen molar-refractivity contribution in [3.63, 3.8) is 0 Å². The third-order valence-electron chi connectivity index (χ3n) is 1.85. The minimum Gasteiger partial charge on any atom is -0.444 e. The van der Waals surface area contributed by atoms with Crippen LogP contribution in [0.15, 0.2) is 10.7 Å². The van der Waals surface area contributed by atoms with Gasteiger partial charge in [0.2, 0.25) is 5.79 Å². The summed E-state index contributed by atoms with van der Waals surface area (Å²) in [6.07, 6.45) is 1.59. The molecule has 4 heteroatoms. The Balaban J connectivity index is 2.28. The second-order valence-corrected chi connectivity index (χ2v) is 2.94. The second-order valence-electron chi connectivity index (χ2n) is 2.94. The highest BCUT2D eigenvalue weighted by Crippen LogP contribution is 2.29. The first-order valence-corrected chi connectivity index (χ1v) is 3.91. The molecule has 1 fully saturated rings. The van der Waals surface area contributed by atoms with Gasteiger partial charge in [-0.05, 0) is 13.8 Å². The molecular formula is C8H11NO3. The Labute approximate surface area is 70.5 Å². The van der Waals surface area contributed by atoms with E-state index in [1.54, 1.807) is 6.26 Å². The van der Waals surface area contributed by atoms with Crippen LogP contribution >= 0.6 is 0 Å². The fourth-order valence-corrected chi connectivity index (χ4v) is 1.20. The van der Waals surface area contributed by atoms with Gasteiger partial charge < -0.3 is 13.9 Å². The molecule has 1 aromatic rings. The first kappa shape index (κ1) is 7.76. The molecular weight excluding hydrogens is 158 g/mol. The van der Waals surface area contributed by atoms with E-state index in [0.29, 0.717) is 19.1 Å². The van der Waals surface area contributed by atoms with Gasteiger partial charge in [0.25, 0.3) is 5.89 Å². The minimum atomic E-state index is -0.770. The van der Waals surface area contributed by atoms with Gasteiger partial charge in [-0.25, -0.2) is 4.98 Å². The van der Waals surface area contributed by atoms with Crippen molar-refractivity contribution in [1.82, 2.24) is 4.98 Å². The molecule has 1 aliphatic rings. The molecule has 0 unspecified atom stereocenters. The molecule has 2 heterocycles. The maximum Gasteiger partial charge on any atom is 0.255 e. The van der Waals surface area contributed by atoms with E-state index in [0.717, 1.165) is 5.69 Å². The largest absolute Gasteiger partial charge is 0.444 e. The number of nitrogens with zero attached hydrogens (tertiary/aromatic N) is 1. The van der Waals surface area contributed by atoms with Crippen molar-refractivity contribution in [3.8, 4) is 0 Å². The Bertz CT molecular complexity index is 276. The predicted molar refractivity (Wildman–Crippen MR) is 40.5 cm³/mol. The standard InChI is InChI=1S/C8H11NO3/c1-6-5-10-7(9-6)8(2)11-3-4-12-8/h5H,3-4H2,1-2H3. The average Bonchev–Trinajstić information content (AvgIpc) is 2.59. The molecule has 0 N–H and O–H groups in total. The first-order chi connectivity index (χ1) is 5.71. The van der Waals surface area contributed by atoms with Crippen molar-refractivity contribution >= 4 is 0 Å². The van der Waals surface area contributed by atoms with Gasteiger partial charge in [0.05, 0.1) is 18.9 Å². The highest BCUT2D eigenvalue weighted by Gasteiger charge is 2.37. The summed E-state index contributed by atoms with van der Waals surface area (Å²) in [7, 11) is 0.